The molecule has 1 saturated carbocycles. The molecule has 1 aliphatic carbocycles. The summed E-state index contributed by atoms with van der Waals surface area (Å²) < 4.78 is 1.18. The molecule has 2 aromatic heterocycles. The number of hydrogen-bond acceptors (Lipinski definition) is 5. The van der Waals surface area contributed by atoms with Crippen molar-refractivity contribution in [1.29, 1.82) is 0 Å². The van der Waals surface area contributed by atoms with E-state index in [0.717, 1.165) is 17.4 Å². The maximum Gasteiger partial charge on any atom is 0.270 e. The van der Waals surface area contributed by atoms with Gasteiger partial charge in [0.05, 0.1) is 0 Å². The van der Waals surface area contributed by atoms with Crippen molar-refractivity contribution < 1.29 is 9.90 Å². The molecular formula is C18H23N3O3S. The molecular weight excluding hydrogens is 338 g/mol. The van der Waals surface area contributed by atoms with Crippen LogP contribution in [0.25, 0.3) is 5.65 Å². The van der Waals surface area contributed by atoms with Crippen LogP contribution in [0.5, 0.6) is 5.75 Å². The summed E-state index contributed by atoms with van der Waals surface area (Å²) in [5.41, 5.74) is -0.342. The summed E-state index contributed by atoms with van der Waals surface area (Å²) in [7, 11) is 0. The number of nitrogens with zero attached hydrogens (tertiary/aromatic N) is 2. The van der Waals surface area contributed by atoms with E-state index in [1.165, 1.54) is 61.0 Å². The zero-order valence-electron chi connectivity index (χ0n) is 14.1. The number of aromatic nitrogens is 2. The van der Waals surface area contributed by atoms with E-state index in [0.29, 0.717) is 6.54 Å². The number of pyridine rings is 1. The van der Waals surface area contributed by atoms with Crippen molar-refractivity contribution >= 4 is 23.3 Å². The molecule has 1 aliphatic rings. The Morgan fingerprint density at radius 3 is 2.96 bits per heavy atom. The second-order valence-electron chi connectivity index (χ2n) is 6.30. The molecule has 25 heavy (non-hydrogen) atoms. The fraction of sp³-hybridized carbons (Fsp3) is 0.500. The summed E-state index contributed by atoms with van der Waals surface area (Å²) in [6.07, 6.45) is 10.3. The number of carbonyl (C=O) groups excluding carboxylic acids is 1. The van der Waals surface area contributed by atoms with Crippen LogP contribution in [0, 0.1) is 0 Å². The Bertz CT molecular complexity index is 800. The zero-order valence-corrected chi connectivity index (χ0v) is 14.9. The lowest BCUT2D eigenvalue weighted by molar-refractivity contribution is 0.0951. The first kappa shape index (κ1) is 17.8. The second kappa shape index (κ2) is 8.38. The smallest absolute Gasteiger partial charge is 0.270 e. The number of nitrogens with one attached hydrogen (secondary N) is 1. The first-order chi connectivity index (χ1) is 12.2. The molecule has 2 heterocycles. The highest BCUT2D eigenvalue weighted by Gasteiger charge is 2.15. The summed E-state index contributed by atoms with van der Waals surface area (Å²) in [5, 5.41) is 13.3. The van der Waals surface area contributed by atoms with Crippen LogP contribution in [0.3, 0.4) is 0 Å². The monoisotopic (exact) mass is 361 g/mol. The van der Waals surface area contributed by atoms with Crippen molar-refractivity contribution in [1.82, 2.24) is 14.7 Å². The van der Waals surface area contributed by atoms with E-state index in [2.05, 4.69) is 10.3 Å². The molecule has 134 valence electrons. The van der Waals surface area contributed by atoms with E-state index in [4.69, 9.17) is 0 Å². The number of carbonyl (C=O) groups is 1. The first-order valence-electron chi connectivity index (χ1n) is 8.76. The van der Waals surface area contributed by atoms with Crippen LogP contribution in [0.2, 0.25) is 0 Å². The predicted octanol–water partition coefficient (Wildman–Crippen LogP) is 2.59. The van der Waals surface area contributed by atoms with Crippen molar-refractivity contribution in [3.8, 4) is 5.75 Å². The molecule has 2 aromatic rings. The van der Waals surface area contributed by atoms with E-state index in [-0.39, 0.29) is 17.0 Å². The van der Waals surface area contributed by atoms with Gasteiger partial charge in [0, 0.05) is 24.2 Å². The molecule has 7 heteroatoms. The highest BCUT2D eigenvalue weighted by molar-refractivity contribution is 7.99. The van der Waals surface area contributed by atoms with Crippen molar-refractivity contribution in [2.24, 2.45) is 0 Å². The average Bonchev–Trinajstić information content (AvgIpc) is 2.63. The average molecular weight is 361 g/mol. The van der Waals surface area contributed by atoms with Gasteiger partial charge in [-0.2, -0.15) is 11.8 Å². The zero-order chi connectivity index (χ0) is 17.6. The van der Waals surface area contributed by atoms with Crippen LogP contribution in [0.4, 0.5) is 0 Å². The maximum absolute atomic E-state index is 12.4. The quantitative estimate of drug-likeness (QED) is 0.773. The predicted molar refractivity (Wildman–Crippen MR) is 99.4 cm³/mol. The summed E-state index contributed by atoms with van der Waals surface area (Å²) in [6.45, 7) is 0.542. The van der Waals surface area contributed by atoms with E-state index >= 15 is 0 Å². The number of aromatic hydroxyl groups is 1. The number of hydrogen-bond donors (Lipinski definition) is 2. The molecule has 2 N–H and O–H groups in total. The minimum atomic E-state index is -0.477. The molecule has 0 aliphatic heterocycles. The number of fused-ring (bicyclic) bond motifs is 1. The Hall–Kier alpha value is -2.02. The maximum atomic E-state index is 12.4. The van der Waals surface area contributed by atoms with Crippen LogP contribution >= 0.6 is 11.8 Å². The lowest BCUT2D eigenvalue weighted by Gasteiger charge is -2.20. The van der Waals surface area contributed by atoms with Gasteiger partial charge < -0.3 is 10.4 Å². The van der Waals surface area contributed by atoms with Gasteiger partial charge in [0.1, 0.15) is 5.56 Å². The Balaban J connectivity index is 1.52. The minimum absolute atomic E-state index is 0.0111. The highest BCUT2D eigenvalue weighted by atomic mass is 32.2. The topological polar surface area (TPSA) is 83.7 Å². The van der Waals surface area contributed by atoms with Gasteiger partial charge in [-0.05, 0) is 37.1 Å². The van der Waals surface area contributed by atoms with E-state index < -0.39 is 11.5 Å². The van der Waals surface area contributed by atoms with Gasteiger partial charge in [-0.3, -0.25) is 14.0 Å². The molecule has 0 atom stereocenters. The largest absolute Gasteiger partial charge is 0.504 e. The third kappa shape index (κ3) is 4.34. The minimum Gasteiger partial charge on any atom is -0.504 e. The molecule has 0 saturated heterocycles. The second-order valence-corrected chi connectivity index (χ2v) is 7.71. The molecule has 0 unspecified atom stereocenters. The first-order valence-corrected chi connectivity index (χ1v) is 9.81. The van der Waals surface area contributed by atoms with Gasteiger partial charge in [0.2, 0.25) is 0 Å². The SMILES string of the molecule is O=C(NCCCSC1CCCCC1)c1cnc2c(O)cccn2c1=O. The van der Waals surface area contributed by atoms with Crippen molar-refractivity contribution in [2.75, 3.05) is 12.3 Å². The van der Waals surface area contributed by atoms with Crippen LogP contribution in [-0.4, -0.2) is 37.9 Å². The molecule has 0 aromatic carbocycles. The Morgan fingerprint density at radius 1 is 1.36 bits per heavy atom. The van der Waals surface area contributed by atoms with Crippen LogP contribution < -0.4 is 10.9 Å². The van der Waals surface area contributed by atoms with Crippen LogP contribution in [-0.2, 0) is 0 Å². The van der Waals surface area contributed by atoms with Crippen molar-refractivity contribution in [3.05, 3.63) is 40.4 Å². The molecule has 1 amide bonds. The van der Waals surface area contributed by atoms with Crippen molar-refractivity contribution in [2.45, 2.75) is 43.8 Å². The van der Waals surface area contributed by atoms with Gasteiger partial charge in [-0.25, -0.2) is 4.98 Å². The lowest BCUT2D eigenvalue weighted by Crippen LogP contribution is -2.32. The van der Waals surface area contributed by atoms with E-state index in [1.807, 2.05) is 11.8 Å². The molecule has 0 spiro atoms. The standard InChI is InChI=1S/C18H23N3O3S/c22-15-8-4-10-21-16(15)20-12-14(18(21)24)17(23)19-9-5-11-25-13-6-2-1-3-7-13/h4,8,10,12-13,22H,1-3,5-7,9,11H2,(H,19,23). The Morgan fingerprint density at radius 2 is 2.16 bits per heavy atom. The normalized spacial score (nSPS) is 15.4. The molecule has 0 bridgehead atoms. The molecule has 6 nitrogen and oxygen atoms in total. The van der Waals surface area contributed by atoms with Crippen LogP contribution in [0.1, 0.15) is 48.9 Å². The van der Waals surface area contributed by atoms with Gasteiger partial charge in [-0.15, -0.1) is 0 Å². The summed E-state index contributed by atoms with van der Waals surface area (Å²) in [5.74, 6) is 0.512. The Labute approximate surface area is 150 Å². The summed E-state index contributed by atoms with van der Waals surface area (Å²) >= 11 is 1.99. The lowest BCUT2D eigenvalue weighted by atomic mass is 10.0. The van der Waals surface area contributed by atoms with Crippen LogP contribution in [0.15, 0.2) is 29.3 Å². The summed E-state index contributed by atoms with van der Waals surface area (Å²) in [4.78, 5) is 28.6. The third-order valence-corrected chi connectivity index (χ3v) is 5.94. The van der Waals surface area contributed by atoms with Crippen molar-refractivity contribution in [3.63, 3.8) is 0 Å². The van der Waals surface area contributed by atoms with Gasteiger partial charge in [0.25, 0.3) is 11.5 Å². The van der Waals surface area contributed by atoms with Gasteiger partial charge in [-0.1, -0.05) is 19.3 Å². The number of rotatable bonds is 6. The number of thioether (sulfide) groups is 1. The molecule has 0 radical (unpaired) electrons. The molecule has 3 rings (SSSR count). The van der Waals surface area contributed by atoms with E-state index in [1.54, 1.807) is 0 Å². The highest BCUT2D eigenvalue weighted by Crippen LogP contribution is 2.28. The summed E-state index contributed by atoms with van der Waals surface area (Å²) in [6, 6.07) is 2.99. The van der Waals surface area contributed by atoms with E-state index in [9.17, 15) is 14.7 Å². The van der Waals surface area contributed by atoms with Gasteiger partial charge >= 0.3 is 0 Å². The molecule has 1 fully saturated rings. The Kier molecular flexibility index (Phi) is 5.96. The number of amides is 1. The third-order valence-electron chi connectivity index (χ3n) is 4.47. The fourth-order valence-corrected chi connectivity index (χ4v) is 4.41. The van der Waals surface area contributed by atoms with Gasteiger partial charge in [0.15, 0.2) is 11.4 Å². The fourth-order valence-electron chi connectivity index (χ4n) is 3.10.